The fourth-order valence-corrected chi connectivity index (χ4v) is 7.75. The lowest BCUT2D eigenvalue weighted by molar-refractivity contribution is 0.414. The molecule has 1 heterocycles. The van der Waals surface area contributed by atoms with Gasteiger partial charge in [0.2, 0.25) is 0 Å². The summed E-state index contributed by atoms with van der Waals surface area (Å²) in [4.78, 5) is 6.55. The maximum atomic E-state index is 5.34. The quantitative estimate of drug-likeness (QED) is 0.238. The first-order valence-corrected chi connectivity index (χ1v) is 12.9. The Bertz CT molecular complexity index is 1240. The van der Waals surface area contributed by atoms with Gasteiger partial charge in [0.05, 0.1) is 12.0 Å². The number of ether oxygens (including phenoxy) is 1. The standard InChI is InChI=1S/C27H21OS3/c1-28-21-12-14-22(15-13-21)30-26-18-20-16-17-29-25(20)19-27(26)31(23-8-4-2-5-9-23)24-10-6-3-7-11-24/h2-19H,1H3/q+1. The molecule has 31 heavy (non-hydrogen) atoms. The van der Waals surface area contributed by atoms with Gasteiger partial charge < -0.3 is 4.74 Å². The van der Waals surface area contributed by atoms with Crippen molar-refractivity contribution in [1.29, 1.82) is 0 Å². The Balaban J connectivity index is 1.67. The van der Waals surface area contributed by atoms with Crippen molar-refractivity contribution in [2.45, 2.75) is 24.5 Å². The lowest BCUT2D eigenvalue weighted by Crippen LogP contribution is -2.06. The second kappa shape index (κ2) is 9.23. The molecule has 152 valence electrons. The maximum Gasteiger partial charge on any atom is 0.181 e. The van der Waals surface area contributed by atoms with Crippen molar-refractivity contribution < 1.29 is 4.74 Å². The molecule has 0 unspecified atom stereocenters. The van der Waals surface area contributed by atoms with Crippen molar-refractivity contribution in [3.05, 3.63) is 109 Å². The van der Waals surface area contributed by atoms with Crippen LogP contribution in [0.3, 0.4) is 0 Å². The summed E-state index contributed by atoms with van der Waals surface area (Å²) >= 11 is 3.63. The van der Waals surface area contributed by atoms with Gasteiger partial charge in [0, 0.05) is 15.7 Å². The maximum absolute atomic E-state index is 5.34. The first-order valence-electron chi connectivity index (χ1n) is 9.99. The van der Waals surface area contributed by atoms with Crippen LogP contribution in [0.4, 0.5) is 0 Å². The van der Waals surface area contributed by atoms with Gasteiger partial charge in [-0.25, -0.2) is 0 Å². The third kappa shape index (κ3) is 4.38. The Labute approximate surface area is 194 Å². The summed E-state index contributed by atoms with van der Waals surface area (Å²) in [5, 5.41) is 3.48. The van der Waals surface area contributed by atoms with Crippen molar-refractivity contribution in [2.75, 3.05) is 7.11 Å². The molecule has 5 aromatic rings. The van der Waals surface area contributed by atoms with Crippen molar-refractivity contribution in [3.8, 4) is 5.75 Å². The van der Waals surface area contributed by atoms with Crippen molar-refractivity contribution in [2.24, 2.45) is 0 Å². The summed E-state index contributed by atoms with van der Waals surface area (Å²) < 4.78 is 6.67. The van der Waals surface area contributed by atoms with Gasteiger partial charge in [-0.2, -0.15) is 0 Å². The molecule has 0 N–H and O–H groups in total. The van der Waals surface area contributed by atoms with Crippen LogP contribution in [0.5, 0.6) is 5.75 Å². The monoisotopic (exact) mass is 457 g/mol. The predicted molar refractivity (Wildman–Crippen MR) is 134 cm³/mol. The lowest BCUT2D eigenvalue weighted by Gasteiger charge is -2.13. The molecule has 0 aliphatic carbocycles. The molecule has 1 aromatic heterocycles. The molecule has 1 nitrogen and oxygen atoms in total. The molecule has 0 bridgehead atoms. The first-order chi connectivity index (χ1) is 15.3. The third-order valence-corrected chi connectivity index (χ3v) is 9.32. The summed E-state index contributed by atoms with van der Waals surface area (Å²) in [5.41, 5.74) is 0. The molecule has 0 saturated heterocycles. The largest absolute Gasteiger partial charge is 0.497 e. The smallest absolute Gasteiger partial charge is 0.181 e. The highest BCUT2D eigenvalue weighted by Crippen LogP contribution is 2.42. The normalized spacial score (nSPS) is 11.2. The third-order valence-electron chi connectivity index (χ3n) is 4.98. The highest BCUT2D eigenvalue weighted by Gasteiger charge is 2.32. The molecule has 0 spiro atoms. The van der Waals surface area contributed by atoms with E-state index in [0.717, 1.165) is 5.75 Å². The van der Waals surface area contributed by atoms with Gasteiger partial charge in [0.15, 0.2) is 14.7 Å². The summed E-state index contributed by atoms with van der Waals surface area (Å²) in [6, 6.07) is 37.0. The van der Waals surface area contributed by atoms with Crippen LogP contribution in [0.15, 0.2) is 133 Å². The molecule has 0 fully saturated rings. The van der Waals surface area contributed by atoms with Crippen LogP contribution in [0.1, 0.15) is 0 Å². The average Bonchev–Trinajstić information content (AvgIpc) is 3.29. The van der Waals surface area contributed by atoms with E-state index in [1.807, 2.05) is 35.2 Å². The van der Waals surface area contributed by atoms with E-state index >= 15 is 0 Å². The number of rotatable bonds is 6. The van der Waals surface area contributed by atoms with Gasteiger partial charge in [0.1, 0.15) is 16.6 Å². The molecule has 0 aliphatic rings. The zero-order chi connectivity index (χ0) is 21.0. The number of fused-ring (bicyclic) bond motifs is 1. The lowest BCUT2D eigenvalue weighted by atomic mass is 10.3. The molecule has 4 heteroatoms. The average molecular weight is 458 g/mol. The SMILES string of the molecule is COc1ccc(Sc2cc3ccsc3cc2[S+](c2ccccc2)c2ccccc2)cc1. The van der Waals surface area contributed by atoms with Crippen LogP contribution in [0.2, 0.25) is 0 Å². The van der Waals surface area contributed by atoms with Gasteiger partial charge in [-0.1, -0.05) is 48.2 Å². The van der Waals surface area contributed by atoms with E-state index in [-0.39, 0.29) is 10.9 Å². The summed E-state index contributed by atoms with van der Waals surface area (Å²) in [5.74, 6) is 0.881. The second-order valence-electron chi connectivity index (χ2n) is 6.97. The van der Waals surface area contributed by atoms with E-state index in [1.165, 1.54) is 34.6 Å². The highest BCUT2D eigenvalue weighted by atomic mass is 32.2. The number of hydrogen-bond donors (Lipinski definition) is 0. The van der Waals surface area contributed by atoms with Crippen LogP contribution in [-0.2, 0) is 10.9 Å². The molecular formula is C27H21OS3+. The van der Waals surface area contributed by atoms with E-state index in [0.29, 0.717) is 0 Å². The second-order valence-corrected chi connectivity index (χ2v) is 11.0. The molecular weight excluding hydrogens is 436 g/mol. The Kier molecular flexibility index (Phi) is 6.03. The van der Waals surface area contributed by atoms with Crippen LogP contribution in [0.25, 0.3) is 10.1 Å². The van der Waals surface area contributed by atoms with Crippen molar-refractivity contribution in [1.82, 2.24) is 0 Å². The minimum Gasteiger partial charge on any atom is -0.497 e. The van der Waals surface area contributed by atoms with E-state index in [1.54, 1.807) is 7.11 Å². The van der Waals surface area contributed by atoms with Crippen LogP contribution in [0, 0.1) is 0 Å². The van der Waals surface area contributed by atoms with Crippen LogP contribution in [-0.4, -0.2) is 7.11 Å². The number of thiophene rings is 1. The van der Waals surface area contributed by atoms with Crippen LogP contribution < -0.4 is 4.74 Å². The molecule has 0 amide bonds. The van der Waals surface area contributed by atoms with Crippen LogP contribution >= 0.6 is 23.1 Å². The summed E-state index contributed by atoms with van der Waals surface area (Å²) in [6.07, 6.45) is 0. The van der Waals surface area contributed by atoms with Gasteiger partial charge in [-0.15, -0.1) is 11.3 Å². The van der Waals surface area contributed by atoms with Gasteiger partial charge >= 0.3 is 0 Å². The fourth-order valence-electron chi connectivity index (χ4n) is 3.48. The first kappa shape index (κ1) is 20.3. The fraction of sp³-hybridized carbons (Fsp3) is 0.0370. The van der Waals surface area contributed by atoms with E-state index in [4.69, 9.17) is 4.74 Å². The molecule has 5 rings (SSSR count). The van der Waals surface area contributed by atoms with E-state index < -0.39 is 0 Å². The number of methoxy groups -OCH3 is 1. The molecule has 0 saturated carbocycles. The zero-order valence-corrected chi connectivity index (χ0v) is 19.5. The Hall–Kier alpha value is -2.66. The van der Waals surface area contributed by atoms with Gasteiger partial charge in [-0.3, -0.25) is 0 Å². The zero-order valence-electron chi connectivity index (χ0n) is 17.0. The van der Waals surface area contributed by atoms with Crippen molar-refractivity contribution in [3.63, 3.8) is 0 Å². The summed E-state index contributed by atoms with van der Waals surface area (Å²) in [7, 11) is 1.52. The molecule has 4 aromatic carbocycles. The Morgan fingerprint density at radius 2 is 1.39 bits per heavy atom. The molecule has 0 atom stereocenters. The molecule has 0 aliphatic heterocycles. The van der Waals surface area contributed by atoms with Crippen molar-refractivity contribution >= 4 is 44.1 Å². The Morgan fingerprint density at radius 3 is 2.00 bits per heavy atom. The van der Waals surface area contributed by atoms with E-state index in [2.05, 4.69) is 96.4 Å². The van der Waals surface area contributed by atoms with E-state index in [9.17, 15) is 0 Å². The van der Waals surface area contributed by atoms with Gasteiger partial charge in [-0.05, 0) is 71.4 Å². The number of hydrogen-bond acceptors (Lipinski definition) is 3. The Morgan fingerprint density at radius 1 is 0.742 bits per heavy atom. The number of benzene rings is 4. The minimum atomic E-state index is -0.185. The topological polar surface area (TPSA) is 9.23 Å². The van der Waals surface area contributed by atoms with Gasteiger partial charge in [0.25, 0.3) is 0 Å². The molecule has 0 radical (unpaired) electrons. The summed E-state index contributed by atoms with van der Waals surface area (Å²) in [6.45, 7) is 0. The predicted octanol–water partition coefficient (Wildman–Crippen LogP) is 8.16. The minimum absolute atomic E-state index is 0.185. The highest BCUT2D eigenvalue weighted by molar-refractivity contribution is 8.01.